The number of nitrogens with one attached hydrogen (secondary N) is 1. The van der Waals surface area contributed by atoms with Crippen LogP contribution >= 0.6 is 0 Å². The predicted molar refractivity (Wildman–Crippen MR) is 67.9 cm³/mol. The normalized spacial score (nSPS) is 23.2. The summed E-state index contributed by atoms with van der Waals surface area (Å²) in [6.45, 7) is 0. The Labute approximate surface area is 114 Å². The molecule has 1 aliphatic heterocycles. The number of carbonyl (C=O) groups is 2. The highest BCUT2D eigenvalue weighted by molar-refractivity contribution is 5.97. The average Bonchev–Trinajstić information content (AvgIpc) is 2.39. The Bertz CT molecular complexity index is 544. The highest BCUT2D eigenvalue weighted by Gasteiger charge is 2.33. The lowest BCUT2D eigenvalue weighted by Crippen LogP contribution is -2.47. The summed E-state index contributed by atoms with van der Waals surface area (Å²) < 4.78 is 12.8. The summed E-state index contributed by atoms with van der Waals surface area (Å²) in [6.07, 6.45) is 0.0538. The molecule has 1 aromatic rings. The Morgan fingerprint density at radius 2 is 2.05 bits per heavy atom. The lowest BCUT2D eigenvalue weighted by atomic mass is 9.92. The summed E-state index contributed by atoms with van der Waals surface area (Å²) in [5, 5.41) is 21.5. The zero-order chi connectivity index (χ0) is 14.7. The molecule has 2 rings (SSSR count). The minimum atomic E-state index is -1.13. The smallest absolute Gasteiger partial charge is 0.340 e. The molecule has 7 heteroatoms. The summed E-state index contributed by atoms with van der Waals surface area (Å²) in [4.78, 5) is 25.6. The molecule has 2 amide bonds. The second-order valence-corrected chi connectivity index (χ2v) is 4.50. The van der Waals surface area contributed by atoms with E-state index in [9.17, 15) is 19.1 Å². The molecule has 6 nitrogen and oxygen atoms in total. The van der Waals surface area contributed by atoms with Crippen molar-refractivity contribution in [1.82, 2.24) is 5.32 Å². The summed E-state index contributed by atoms with van der Waals surface area (Å²) in [7, 11) is 0. The number of aliphatic carboxylic acids is 1. The molecule has 0 bridgehead atoms. The van der Waals surface area contributed by atoms with Crippen LogP contribution in [0.1, 0.15) is 18.1 Å². The summed E-state index contributed by atoms with van der Waals surface area (Å²) in [5.41, 5.74) is 0.451. The Morgan fingerprint density at radius 3 is 2.65 bits per heavy atom. The Hall–Kier alpha value is -2.28. The number of amides is 2. The van der Waals surface area contributed by atoms with Crippen LogP contribution < -0.4 is 5.32 Å². The van der Waals surface area contributed by atoms with Gasteiger partial charge in [-0.3, -0.25) is 4.79 Å². The molecule has 20 heavy (non-hydrogen) atoms. The first-order chi connectivity index (χ1) is 9.47. The lowest BCUT2D eigenvalue weighted by molar-refractivity contribution is -0.140. The second-order valence-electron chi connectivity index (χ2n) is 4.50. The van der Waals surface area contributed by atoms with Gasteiger partial charge in [-0.15, -0.1) is 0 Å². The number of aliphatic imine (C=N–C) groups is 1. The fraction of sp³-hybridized carbons (Fsp3) is 0.308. The van der Waals surface area contributed by atoms with Crippen LogP contribution in [0.3, 0.4) is 0 Å². The highest BCUT2D eigenvalue weighted by Crippen LogP contribution is 2.22. The van der Waals surface area contributed by atoms with Gasteiger partial charge in [-0.1, -0.05) is 12.1 Å². The molecule has 3 atom stereocenters. The molecule has 0 fully saturated rings. The standard InChI is InChI=1S/C13H13FN2O4/c14-8-3-1-7(2-4-8)11(17)5-10-9(12(18)19)6-15-13(20)16-10/h1-4,6,9-11,17H,5H2,(H,16,20)(H,18,19). The second kappa shape index (κ2) is 5.79. The van der Waals surface area contributed by atoms with Gasteiger partial charge in [-0.25, -0.2) is 14.2 Å². The van der Waals surface area contributed by atoms with E-state index >= 15 is 0 Å². The maximum atomic E-state index is 12.8. The first-order valence-electron chi connectivity index (χ1n) is 5.98. The maximum absolute atomic E-state index is 12.8. The number of carbonyl (C=O) groups excluding carboxylic acids is 1. The minimum absolute atomic E-state index is 0.000356. The number of halogens is 1. The van der Waals surface area contributed by atoms with Gasteiger partial charge in [0.1, 0.15) is 11.7 Å². The van der Waals surface area contributed by atoms with Crippen LogP contribution in [-0.2, 0) is 4.79 Å². The highest BCUT2D eigenvalue weighted by atomic mass is 19.1. The van der Waals surface area contributed by atoms with Crippen molar-refractivity contribution >= 4 is 18.2 Å². The van der Waals surface area contributed by atoms with E-state index in [2.05, 4.69) is 10.3 Å². The SMILES string of the molecule is O=C1N=CC(C(=O)O)C(CC(O)c2ccc(F)cc2)N1. The fourth-order valence-electron chi connectivity index (χ4n) is 2.04. The van der Waals surface area contributed by atoms with Crippen LogP contribution in [-0.4, -0.2) is 34.5 Å². The van der Waals surface area contributed by atoms with Gasteiger partial charge in [0.25, 0.3) is 0 Å². The van der Waals surface area contributed by atoms with Gasteiger partial charge in [0.2, 0.25) is 0 Å². The molecule has 0 aliphatic carbocycles. The molecule has 0 spiro atoms. The monoisotopic (exact) mass is 280 g/mol. The number of carboxylic acids is 1. The Morgan fingerprint density at radius 1 is 1.40 bits per heavy atom. The van der Waals surface area contributed by atoms with E-state index in [4.69, 9.17) is 5.11 Å². The number of nitrogens with zero attached hydrogens (tertiary/aromatic N) is 1. The fourth-order valence-corrected chi connectivity index (χ4v) is 2.04. The van der Waals surface area contributed by atoms with E-state index in [0.717, 1.165) is 6.21 Å². The number of hydrogen-bond acceptors (Lipinski definition) is 3. The van der Waals surface area contributed by atoms with Crippen LogP contribution in [0.25, 0.3) is 0 Å². The number of benzene rings is 1. The number of rotatable bonds is 4. The quantitative estimate of drug-likeness (QED) is 0.769. The first kappa shape index (κ1) is 14.1. The lowest BCUT2D eigenvalue weighted by Gasteiger charge is -2.26. The van der Waals surface area contributed by atoms with Crippen molar-refractivity contribution in [3.63, 3.8) is 0 Å². The van der Waals surface area contributed by atoms with Gasteiger partial charge in [0.15, 0.2) is 0 Å². The van der Waals surface area contributed by atoms with E-state index in [0.29, 0.717) is 5.56 Å². The van der Waals surface area contributed by atoms with Crippen molar-refractivity contribution in [3.05, 3.63) is 35.6 Å². The molecule has 3 unspecified atom stereocenters. The van der Waals surface area contributed by atoms with Crippen molar-refractivity contribution in [3.8, 4) is 0 Å². The molecule has 0 saturated heterocycles. The number of carboxylic acid groups (broad SMARTS) is 1. The van der Waals surface area contributed by atoms with Gasteiger partial charge < -0.3 is 15.5 Å². The third-order valence-electron chi connectivity index (χ3n) is 3.11. The minimum Gasteiger partial charge on any atom is -0.481 e. The van der Waals surface area contributed by atoms with E-state index in [1.54, 1.807) is 0 Å². The van der Waals surface area contributed by atoms with Gasteiger partial charge in [0, 0.05) is 6.21 Å². The third-order valence-corrected chi connectivity index (χ3v) is 3.11. The zero-order valence-electron chi connectivity index (χ0n) is 10.4. The summed E-state index contributed by atoms with van der Waals surface area (Å²) in [6, 6.07) is 3.82. The first-order valence-corrected chi connectivity index (χ1v) is 5.98. The van der Waals surface area contributed by atoms with Gasteiger partial charge in [-0.2, -0.15) is 0 Å². The molecular weight excluding hydrogens is 267 g/mol. The zero-order valence-corrected chi connectivity index (χ0v) is 10.4. The van der Waals surface area contributed by atoms with E-state index in [1.807, 2.05) is 0 Å². The van der Waals surface area contributed by atoms with E-state index < -0.39 is 35.9 Å². The predicted octanol–water partition coefficient (Wildman–Crippen LogP) is 1.11. The number of aliphatic hydroxyl groups is 1. The number of urea groups is 1. The van der Waals surface area contributed by atoms with E-state index in [1.165, 1.54) is 24.3 Å². The van der Waals surface area contributed by atoms with Crippen molar-refractivity contribution in [2.75, 3.05) is 0 Å². The topological polar surface area (TPSA) is 99.0 Å². The number of aliphatic hydroxyl groups excluding tert-OH is 1. The third kappa shape index (κ3) is 3.18. The molecule has 1 aliphatic rings. The van der Waals surface area contributed by atoms with Crippen LogP contribution in [0.15, 0.2) is 29.3 Å². The summed E-state index contributed by atoms with van der Waals surface area (Å²) >= 11 is 0. The average molecular weight is 280 g/mol. The molecule has 0 saturated carbocycles. The molecule has 0 aromatic heterocycles. The van der Waals surface area contributed by atoms with Crippen molar-refractivity contribution in [2.24, 2.45) is 10.9 Å². The van der Waals surface area contributed by atoms with Crippen LogP contribution in [0.4, 0.5) is 9.18 Å². The Kier molecular flexibility index (Phi) is 4.09. The van der Waals surface area contributed by atoms with Crippen molar-refractivity contribution in [1.29, 1.82) is 0 Å². The van der Waals surface area contributed by atoms with E-state index in [-0.39, 0.29) is 6.42 Å². The largest absolute Gasteiger partial charge is 0.481 e. The molecule has 1 heterocycles. The molecule has 0 radical (unpaired) electrons. The van der Waals surface area contributed by atoms with Crippen LogP contribution in [0, 0.1) is 11.7 Å². The number of hydrogen-bond donors (Lipinski definition) is 3. The summed E-state index contributed by atoms with van der Waals surface area (Å²) in [5.74, 6) is -2.56. The van der Waals surface area contributed by atoms with Crippen molar-refractivity contribution < 1.29 is 24.2 Å². The maximum Gasteiger partial charge on any atom is 0.340 e. The van der Waals surface area contributed by atoms with Gasteiger partial charge in [0.05, 0.1) is 12.1 Å². The van der Waals surface area contributed by atoms with Crippen LogP contribution in [0.2, 0.25) is 0 Å². The molecule has 3 N–H and O–H groups in total. The van der Waals surface area contributed by atoms with Crippen molar-refractivity contribution in [2.45, 2.75) is 18.6 Å². The van der Waals surface area contributed by atoms with Gasteiger partial charge >= 0.3 is 12.0 Å². The molecule has 1 aromatic carbocycles. The van der Waals surface area contributed by atoms with Gasteiger partial charge in [-0.05, 0) is 24.1 Å². The molecular formula is C13H13FN2O4. The van der Waals surface area contributed by atoms with Crippen LogP contribution in [0.5, 0.6) is 0 Å². The molecule has 106 valence electrons. The Balaban J connectivity index is 2.11.